The summed E-state index contributed by atoms with van der Waals surface area (Å²) in [5.74, 6) is 0.0496. The molecule has 0 bridgehead atoms. The van der Waals surface area contributed by atoms with Gasteiger partial charge in [0.05, 0.1) is 0 Å². The van der Waals surface area contributed by atoms with Crippen LogP contribution in [0.1, 0.15) is 19.3 Å². The zero-order chi connectivity index (χ0) is 9.52. The molecule has 2 N–H and O–H groups in total. The second kappa shape index (κ2) is 5.94. The number of carbonyl (C=O) groups excluding carboxylic acids is 1. The Labute approximate surface area is 79.0 Å². The van der Waals surface area contributed by atoms with E-state index in [9.17, 15) is 4.79 Å². The summed E-state index contributed by atoms with van der Waals surface area (Å²) in [5.41, 5.74) is 0. The summed E-state index contributed by atoms with van der Waals surface area (Å²) in [4.78, 5) is 11.4. The van der Waals surface area contributed by atoms with Gasteiger partial charge in [-0.15, -0.1) is 0 Å². The van der Waals surface area contributed by atoms with Crippen LogP contribution in [0.2, 0.25) is 0 Å². The Balaban J connectivity index is 2.03. The van der Waals surface area contributed by atoms with Crippen LogP contribution in [0, 0.1) is 0 Å². The van der Waals surface area contributed by atoms with E-state index in [-0.39, 0.29) is 12.0 Å². The number of amides is 1. The van der Waals surface area contributed by atoms with Crippen molar-refractivity contribution in [3.05, 3.63) is 0 Å². The molecule has 1 saturated heterocycles. The molecule has 1 aliphatic rings. The predicted octanol–water partition coefficient (Wildman–Crippen LogP) is -0.109. The summed E-state index contributed by atoms with van der Waals surface area (Å²) >= 11 is 0. The number of hydrogen-bond acceptors (Lipinski definition) is 3. The Hall–Kier alpha value is -0.610. The lowest BCUT2D eigenvalue weighted by molar-refractivity contribution is -0.130. The molecule has 13 heavy (non-hydrogen) atoms. The number of hydrogen-bond donors (Lipinski definition) is 2. The lowest BCUT2D eigenvalue weighted by Crippen LogP contribution is -2.35. The average molecular weight is 186 g/mol. The van der Waals surface area contributed by atoms with Gasteiger partial charge in [-0.2, -0.15) is 0 Å². The summed E-state index contributed by atoms with van der Waals surface area (Å²) in [6.45, 7) is 2.40. The molecule has 1 fully saturated rings. The third kappa shape index (κ3) is 3.74. The molecule has 76 valence electrons. The third-order valence-corrected chi connectivity index (χ3v) is 2.12. The van der Waals surface area contributed by atoms with Crippen LogP contribution >= 0.6 is 0 Å². The van der Waals surface area contributed by atoms with Gasteiger partial charge in [-0.3, -0.25) is 4.79 Å². The summed E-state index contributed by atoms with van der Waals surface area (Å²) in [7, 11) is 1.90. The highest BCUT2D eigenvalue weighted by molar-refractivity contribution is 5.80. The Bertz CT molecular complexity index is 156. The monoisotopic (exact) mass is 186 g/mol. The smallest absolute Gasteiger partial charge is 0.249 e. The maximum atomic E-state index is 11.4. The second-order valence-electron chi connectivity index (χ2n) is 3.25. The van der Waals surface area contributed by atoms with Crippen molar-refractivity contribution in [1.29, 1.82) is 0 Å². The van der Waals surface area contributed by atoms with Gasteiger partial charge in [-0.1, -0.05) is 0 Å². The molecule has 0 aromatic heterocycles. The highest BCUT2D eigenvalue weighted by atomic mass is 16.5. The van der Waals surface area contributed by atoms with Crippen molar-refractivity contribution in [2.75, 3.05) is 26.7 Å². The zero-order valence-electron chi connectivity index (χ0n) is 8.14. The molecule has 0 saturated carbocycles. The van der Waals surface area contributed by atoms with E-state index in [2.05, 4.69) is 10.6 Å². The summed E-state index contributed by atoms with van der Waals surface area (Å²) in [6.07, 6.45) is 2.66. The molecular formula is C9H18N2O2. The quantitative estimate of drug-likeness (QED) is 0.589. The Morgan fingerprint density at radius 2 is 2.38 bits per heavy atom. The van der Waals surface area contributed by atoms with Crippen LogP contribution < -0.4 is 10.6 Å². The standard InChI is InChI=1S/C9H18N2O2/c1-10-5-3-6-11-9(12)8-4-2-7-13-8/h8,10H,2-7H2,1H3,(H,11,12)/t8-/m1/s1. The second-order valence-corrected chi connectivity index (χ2v) is 3.25. The molecule has 1 rings (SSSR count). The zero-order valence-corrected chi connectivity index (χ0v) is 8.14. The molecule has 1 heterocycles. The topological polar surface area (TPSA) is 50.4 Å². The van der Waals surface area contributed by atoms with Crippen LogP contribution in [-0.4, -0.2) is 38.8 Å². The van der Waals surface area contributed by atoms with Crippen LogP contribution in [0.15, 0.2) is 0 Å². The fourth-order valence-corrected chi connectivity index (χ4v) is 1.38. The molecule has 0 radical (unpaired) electrons. The van der Waals surface area contributed by atoms with Crippen molar-refractivity contribution in [2.45, 2.75) is 25.4 Å². The molecular weight excluding hydrogens is 168 g/mol. The van der Waals surface area contributed by atoms with Gasteiger partial charge in [-0.25, -0.2) is 0 Å². The third-order valence-electron chi connectivity index (χ3n) is 2.12. The van der Waals surface area contributed by atoms with E-state index < -0.39 is 0 Å². The van der Waals surface area contributed by atoms with Gasteiger partial charge >= 0.3 is 0 Å². The molecule has 1 amide bonds. The summed E-state index contributed by atoms with van der Waals surface area (Å²) in [6, 6.07) is 0. The van der Waals surface area contributed by atoms with Crippen LogP contribution in [-0.2, 0) is 9.53 Å². The van der Waals surface area contributed by atoms with Crippen molar-refractivity contribution in [3.8, 4) is 0 Å². The largest absolute Gasteiger partial charge is 0.368 e. The first-order valence-corrected chi connectivity index (χ1v) is 4.88. The predicted molar refractivity (Wildman–Crippen MR) is 50.5 cm³/mol. The van der Waals surface area contributed by atoms with E-state index >= 15 is 0 Å². The SMILES string of the molecule is CNCCCNC(=O)[C@H]1CCCO1. The van der Waals surface area contributed by atoms with Crippen LogP contribution in [0.25, 0.3) is 0 Å². The fourth-order valence-electron chi connectivity index (χ4n) is 1.38. The molecule has 0 aliphatic carbocycles. The average Bonchev–Trinajstić information content (AvgIpc) is 2.65. The van der Waals surface area contributed by atoms with Gasteiger partial charge in [0.1, 0.15) is 6.10 Å². The van der Waals surface area contributed by atoms with Crippen molar-refractivity contribution >= 4 is 5.91 Å². The first-order chi connectivity index (χ1) is 6.34. The van der Waals surface area contributed by atoms with Crippen LogP contribution in [0.4, 0.5) is 0 Å². The lowest BCUT2D eigenvalue weighted by atomic mass is 10.2. The molecule has 1 atom stereocenters. The Morgan fingerprint density at radius 3 is 3.00 bits per heavy atom. The van der Waals surface area contributed by atoms with E-state index in [1.807, 2.05) is 7.05 Å². The fraction of sp³-hybridized carbons (Fsp3) is 0.889. The molecule has 0 aromatic carbocycles. The van der Waals surface area contributed by atoms with E-state index in [1.54, 1.807) is 0 Å². The van der Waals surface area contributed by atoms with Crippen molar-refractivity contribution < 1.29 is 9.53 Å². The van der Waals surface area contributed by atoms with Gasteiger partial charge in [0.2, 0.25) is 5.91 Å². The maximum absolute atomic E-state index is 11.4. The maximum Gasteiger partial charge on any atom is 0.249 e. The Kier molecular flexibility index (Phi) is 4.78. The van der Waals surface area contributed by atoms with Gasteiger partial charge in [0.15, 0.2) is 0 Å². The first-order valence-electron chi connectivity index (χ1n) is 4.88. The first kappa shape index (κ1) is 10.5. The summed E-state index contributed by atoms with van der Waals surface area (Å²) in [5, 5.41) is 5.88. The minimum atomic E-state index is -0.186. The van der Waals surface area contributed by atoms with E-state index in [4.69, 9.17) is 4.74 Å². The summed E-state index contributed by atoms with van der Waals surface area (Å²) < 4.78 is 5.24. The number of nitrogens with one attached hydrogen (secondary N) is 2. The van der Waals surface area contributed by atoms with Crippen LogP contribution in [0.3, 0.4) is 0 Å². The number of ether oxygens (including phenoxy) is 1. The lowest BCUT2D eigenvalue weighted by Gasteiger charge is -2.09. The normalized spacial score (nSPS) is 21.8. The molecule has 4 heteroatoms. The van der Waals surface area contributed by atoms with E-state index in [1.165, 1.54) is 0 Å². The van der Waals surface area contributed by atoms with Crippen molar-refractivity contribution in [2.24, 2.45) is 0 Å². The highest BCUT2D eigenvalue weighted by Gasteiger charge is 2.22. The number of rotatable bonds is 5. The van der Waals surface area contributed by atoms with Gasteiger partial charge < -0.3 is 15.4 Å². The van der Waals surface area contributed by atoms with Crippen molar-refractivity contribution in [1.82, 2.24) is 10.6 Å². The molecule has 1 aliphatic heterocycles. The van der Waals surface area contributed by atoms with Gasteiger partial charge in [-0.05, 0) is 32.9 Å². The molecule has 4 nitrogen and oxygen atoms in total. The van der Waals surface area contributed by atoms with Gasteiger partial charge in [0, 0.05) is 13.2 Å². The van der Waals surface area contributed by atoms with Gasteiger partial charge in [0.25, 0.3) is 0 Å². The molecule has 0 unspecified atom stereocenters. The minimum absolute atomic E-state index is 0.0496. The number of carbonyl (C=O) groups is 1. The molecule has 0 aromatic rings. The highest BCUT2D eigenvalue weighted by Crippen LogP contribution is 2.11. The Morgan fingerprint density at radius 1 is 1.54 bits per heavy atom. The van der Waals surface area contributed by atoms with Crippen molar-refractivity contribution in [3.63, 3.8) is 0 Å². The van der Waals surface area contributed by atoms with Crippen LogP contribution in [0.5, 0.6) is 0 Å². The minimum Gasteiger partial charge on any atom is -0.368 e. The van der Waals surface area contributed by atoms with E-state index in [0.717, 1.165) is 39.0 Å². The molecule has 0 spiro atoms. The van der Waals surface area contributed by atoms with E-state index in [0.29, 0.717) is 0 Å².